The molecule has 11 heteroatoms. The molecular formula is C33H46F3N3O5. The number of alkyl halides is 3. The number of likely N-dealkylation sites (N-methyl/N-ethyl adjacent to an activating group) is 1. The summed E-state index contributed by atoms with van der Waals surface area (Å²) in [6.07, 6.45) is -4.44. The average molecular weight is 622 g/mol. The van der Waals surface area contributed by atoms with E-state index in [1.165, 1.54) is 17.7 Å². The van der Waals surface area contributed by atoms with Gasteiger partial charge in [0.05, 0.1) is 36.8 Å². The third kappa shape index (κ3) is 11.4. The minimum absolute atomic E-state index is 0.109. The molecule has 0 fully saturated rings. The number of carbonyl (C=O) groups is 2. The van der Waals surface area contributed by atoms with Gasteiger partial charge in [0.25, 0.3) is 5.91 Å². The molecule has 1 heterocycles. The number of anilines is 1. The molecule has 2 amide bonds. The lowest BCUT2D eigenvalue weighted by Gasteiger charge is -2.36. The Kier molecular flexibility index (Phi) is 13.5. The molecule has 0 saturated carbocycles. The molecule has 0 aromatic heterocycles. The summed E-state index contributed by atoms with van der Waals surface area (Å²) in [5.41, 5.74) is 1.53. The third-order valence-electron chi connectivity index (χ3n) is 7.76. The maximum absolute atomic E-state index is 14.1. The van der Waals surface area contributed by atoms with Crippen LogP contribution in [0.25, 0.3) is 0 Å². The number of carbonyl (C=O) groups excluding carboxylic acids is 2. The Labute approximate surface area is 258 Å². The van der Waals surface area contributed by atoms with Gasteiger partial charge < -0.3 is 24.8 Å². The lowest BCUT2D eigenvalue weighted by molar-refractivity contribution is -0.142. The molecule has 3 rings (SSSR count). The van der Waals surface area contributed by atoms with Crippen molar-refractivity contribution in [2.75, 3.05) is 38.7 Å². The third-order valence-corrected chi connectivity index (χ3v) is 7.76. The highest BCUT2D eigenvalue weighted by Gasteiger charge is 2.31. The van der Waals surface area contributed by atoms with Crippen molar-refractivity contribution in [2.45, 2.75) is 83.8 Å². The number of nitrogens with zero attached hydrogens (tertiary/aromatic N) is 2. The molecule has 2 aromatic carbocycles. The van der Waals surface area contributed by atoms with Gasteiger partial charge in [0, 0.05) is 44.3 Å². The molecule has 0 radical (unpaired) electrons. The second-order valence-corrected chi connectivity index (χ2v) is 11.9. The molecule has 0 spiro atoms. The van der Waals surface area contributed by atoms with E-state index < -0.39 is 36.9 Å². The highest BCUT2D eigenvalue weighted by Crippen LogP contribution is 2.29. The molecule has 244 valence electrons. The molecule has 0 bridgehead atoms. The van der Waals surface area contributed by atoms with Gasteiger partial charge >= 0.3 is 6.18 Å². The van der Waals surface area contributed by atoms with E-state index in [-0.39, 0.29) is 42.5 Å². The maximum Gasteiger partial charge on any atom is 0.389 e. The zero-order chi connectivity index (χ0) is 32.3. The van der Waals surface area contributed by atoms with E-state index in [1.54, 1.807) is 17.9 Å². The number of benzene rings is 2. The SMILES string of the molecule is C[C@@H]1CCCCO[C@@H](CN(C)Cc2ccccc2)[C@@H](C)CN([C@H](C)CO)C(=O)c2cc(NC(=O)CCC(F)(F)F)ccc2O1. The van der Waals surface area contributed by atoms with Gasteiger partial charge in [0.1, 0.15) is 5.75 Å². The van der Waals surface area contributed by atoms with Crippen molar-refractivity contribution >= 4 is 17.5 Å². The molecular weight excluding hydrogens is 575 g/mol. The second-order valence-electron chi connectivity index (χ2n) is 11.9. The Bertz CT molecular complexity index is 1200. The van der Waals surface area contributed by atoms with Crippen molar-refractivity contribution in [3.8, 4) is 5.75 Å². The zero-order valence-electron chi connectivity index (χ0n) is 26.1. The van der Waals surface area contributed by atoms with Crippen LogP contribution in [0.1, 0.15) is 68.8 Å². The summed E-state index contributed by atoms with van der Waals surface area (Å²) in [6, 6.07) is 14.1. The van der Waals surface area contributed by atoms with Crippen LogP contribution in [0.3, 0.4) is 0 Å². The minimum Gasteiger partial charge on any atom is -0.490 e. The van der Waals surface area contributed by atoms with Crippen LogP contribution in [0.2, 0.25) is 0 Å². The van der Waals surface area contributed by atoms with E-state index >= 15 is 0 Å². The summed E-state index contributed by atoms with van der Waals surface area (Å²) < 4.78 is 50.5. The van der Waals surface area contributed by atoms with Crippen molar-refractivity contribution in [1.29, 1.82) is 0 Å². The molecule has 4 atom stereocenters. The first kappa shape index (κ1) is 35.3. The normalized spacial score (nSPS) is 21.2. The number of aliphatic hydroxyl groups excluding tert-OH is 1. The first-order chi connectivity index (χ1) is 20.9. The summed E-state index contributed by atoms with van der Waals surface area (Å²) in [5, 5.41) is 12.6. The fourth-order valence-electron chi connectivity index (χ4n) is 5.21. The van der Waals surface area contributed by atoms with Crippen LogP contribution < -0.4 is 10.1 Å². The lowest BCUT2D eigenvalue weighted by atomic mass is 10.0. The Morgan fingerprint density at radius 1 is 1.16 bits per heavy atom. The second kappa shape index (κ2) is 16.8. The van der Waals surface area contributed by atoms with Crippen LogP contribution in [-0.4, -0.2) is 84.5 Å². The fourth-order valence-corrected chi connectivity index (χ4v) is 5.21. The first-order valence-corrected chi connectivity index (χ1v) is 15.3. The Morgan fingerprint density at radius 3 is 2.57 bits per heavy atom. The van der Waals surface area contributed by atoms with Gasteiger partial charge in [-0.2, -0.15) is 13.2 Å². The number of halogens is 3. The highest BCUT2D eigenvalue weighted by atomic mass is 19.4. The summed E-state index contributed by atoms with van der Waals surface area (Å²) in [7, 11) is 2.04. The minimum atomic E-state index is -4.45. The van der Waals surface area contributed by atoms with Crippen molar-refractivity contribution in [3.05, 3.63) is 59.7 Å². The van der Waals surface area contributed by atoms with Gasteiger partial charge in [-0.15, -0.1) is 0 Å². The van der Waals surface area contributed by atoms with E-state index in [9.17, 15) is 27.9 Å². The fraction of sp³-hybridized carbons (Fsp3) is 0.576. The Hall–Kier alpha value is -3.15. The lowest BCUT2D eigenvalue weighted by Crippen LogP contribution is -2.47. The highest BCUT2D eigenvalue weighted by molar-refractivity contribution is 5.99. The number of fused-ring (bicyclic) bond motifs is 1. The molecule has 1 aliphatic rings. The van der Waals surface area contributed by atoms with Gasteiger partial charge in [-0.1, -0.05) is 37.3 Å². The van der Waals surface area contributed by atoms with E-state index in [0.29, 0.717) is 18.9 Å². The standard InChI is InChI=1S/C33H46F3N3O5/c1-23-19-39(24(2)22-40)32(42)28-18-27(37-31(41)15-16-33(34,35)36)13-14-29(28)44-25(3)10-8-9-17-43-30(23)21-38(4)20-26-11-6-5-7-12-26/h5-7,11-14,18,23-25,30,40H,8-10,15-17,19-22H2,1-4H3,(H,37,41)/t23-,24+,25+,30-/m0/s1. The van der Waals surface area contributed by atoms with Crippen molar-refractivity contribution in [2.24, 2.45) is 5.92 Å². The maximum atomic E-state index is 14.1. The van der Waals surface area contributed by atoms with E-state index in [1.807, 2.05) is 39.1 Å². The van der Waals surface area contributed by atoms with E-state index in [0.717, 1.165) is 25.8 Å². The van der Waals surface area contributed by atoms with Crippen LogP contribution in [0.5, 0.6) is 5.75 Å². The Balaban J connectivity index is 1.89. The van der Waals surface area contributed by atoms with Gasteiger partial charge in [0.2, 0.25) is 5.91 Å². The summed E-state index contributed by atoms with van der Waals surface area (Å²) in [4.78, 5) is 30.2. The number of rotatable bonds is 9. The number of hydrogen-bond acceptors (Lipinski definition) is 6. The van der Waals surface area contributed by atoms with Gasteiger partial charge in [0.15, 0.2) is 0 Å². The van der Waals surface area contributed by atoms with Crippen LogP contribution >= 0.6 is 0 Å². The van der Waals surface area contributed by atoms with E-state index in [2.05, 4.69) is 22.3 Å². The summed E-state index contributed by atoms with van der Waals surface area (Å²) >= 11 is 0. The van der Waals surface area contributed by atoms with Crippen molar-refractivity contribution in [1.82, 2.24) is 9.80 Å². The molecule has 8 nitrogen and oxygen atoms in total. The largest absolute Gasteiger partial charge is 0.490 e. The van der Waals surface area contributed by atoms with E-state index in [4.69, 9.17) is 9.47 Å². The van der Waals surface area contributed by atoms with Crippen molar-refractivity contribution in [3.63, 3.8) is 0 Å². The molecule has 2 N–H and O–H groups in total. The Morgan fingerprint density at radius 2 is 1.89 bits per heavy atom. The first-order valence-electron chi connectivity index (χ1n) is 15.3. The molecule has 1 aliphatic heterocycles. The number of ether oxygens (including phenoxy) is 2. The predicted octanol–water partition coefficient (Wildman–Crippen LogP) is 5.90. The number of hydrogen-bond donors (Lipinski definition) is 2. The molecule has 44 heavy (non-hydrogen) atoms. The number of nitrogens with one attached hydrogen (secondary N) is 1. The van der Waals surface area contributed by atoms with Crippen molar-refractivity contribution < 1.29 is 37.3 Å². The van der Waals surface area contributed by atoms with Crippen LogP contribution in [0, 0.1) is 5.92 Å². The monoisotopic (exact) mass is 621 g/mol. The van der Waals surface area contributed by atoms with Gasteiger partial charge in [-0.3, -0.25) is 14.5 Å². The zero-order valence-corrected chi connectivity index (χ0v) is 26.1. The number of aliphatic hydroxyl groups is 1. The average Bonchev–Trinajstić information content (AvgIpc) is 2.97. The molecule has 0 aliphatic carbocycles. The van der Waals surface area contributed by atoms with Crippen LogP contribution in [0.4, 0.5) is 18.9 Å². The smallest absolute Gasteiger partial charge is 0.389 e. The molecule has 2 aromatic rings. The van der Waals surface area contributed by atoms with Gasteiger partial charge in [-0.05, 0) is 63.9 Å². The number of amides is 2. The predicted molar refractivity (Wildman–Crippen MR) is 164 cm³/mol. The summed E-state index contributed by atoms with van der Waals surface area (Å²) in [5.74, 6) is -1.02. The summed E-state index contributed by atoms with van der Waals surface area (Å²) in [6.45, 7) is 7.62. The molecule has 0 saturated heterocycles. The quantitative estimate of drug-likeness (QED) is 0.363. The van der Waals surface area contributed by atoms with Gasteiger partial charge in [-0.25, -0.2) is 0 Å². The van der Waals surface area contributed by atoms with Crippen LogP contribution in [0.15, 0.2) is 48.5 Å². The topological polar surface area (TPSA) is 91.3 Å². The molecule has 0 unspecified atom stereocenters. The van der Waals surface area contributed by atoms with Crippen LogP contribution in [-0.2, 0) is 16.1 Å².